The highest BCUT2D eigenvalue weighted by Gasteiger charge is 2.19. The molecule has 2 N–H and O–H groups in total. The molecule has 30 heavy (non-hydrogen) atoms. The first kappa shape index (κ1) is 22.9. The summed E-state index contributed by atoms with van der Waals surface area (Å²) in [5.41, 5.74) is 1.63. The Kier molecular flexibility index (Phi) is 8.37. The monoisotopic (exact) mass is 415 g/mol. The first-order valence-corrected chi connectivity index (χ1v) is 9.51. The van der Waals surface area contributed by atoms with Crippen molar-refractivity contribution in [3.8, 4) is 5.75 Å². The lowest BCUT2D eigenvalue weighted by Gasteiger charge is -2.15. The molecule has 0 saturated heterocycles. The van der Waals surface area contributed by atoms with Gasteiger partial charge in [-0.25, -0.2) is 9.59 Å². The van der Waals surface area contributed by atoms with Crippen LogP contribution in [0.1, 0.15) is 33.2 Å². The van der Waals surface area contributed by atoms with Crippen LogP contribution < -0.4 is 15.0 Å². The maximum absolute atomic E-state index is 12.5. The number of likely N-dealkylation sites (N-methyl/N-ethyl adjacent to an activating group) is 1. The van der Waals surface area contributed by atoms with Gasteiger partial charge in [0.15, 0.2) is 6.54 Å². The second kappa shape index (κ2) is 11.0. The van der Waals surface area contributed by atoms with Crippen molar-refractivity contribution in [2.45, 2.75) is 13.5 Å². The first-order valence-electron chi connectivity index (χ1n) is 9.51. The molecule has 0 aliphatic heterocycles. The van der Waals surface area contributed by atoms with E-state index in [1.165, 1.54) is 32.4 Å². The lowest BCUT2D eigenvalue weighted by molar-refractivity contribution is -0.885. The Labute approximate surface area is 175 Å². The molecule has 8 heteroatoms. The Bertz CT molecular complexity index is 895. The van der Waals surface area contributed by atoms with Crippen LogP contribution in [0.2, 0.25) is 0 Å². The molecule has 1 amide bonds. The van der Waals surface area contributed by atoms with E-state index in [0.29, 0.717) is 13.2 Å². The van der Waals surface area contributed by atoms with E-state index in [2.05, 4.69) is 5.32 Å². The van der Waals surface area contributed by atoms with Crippen molar-refractivity contribution in [2.75, 3.05) is 39.7 Å². The van der Waals surface area contributed by atoms with Gasteiger partial charge in [-0.1, -0.05) is 0 Å². The van der Waals surface area contributed by atoms with Crippen molar-refractivity contribution in [3.63, 3.8) is 0 Å². The van der Waals surface area contributed by atoms with Crippen LogP contribution in [0.5, 0.6) is 5.75 Å². The molecule has 0 aliphatic carbocycles. The number of anilines is 1. The van der Waals surface area contributed by atoms with E-state index in [4.69, 9.17) is 14.2 Å². The van der Waals surface area contributed by atoms with Gasteiger partial charge in [0, 0.05) is 5.56 Å². The number of methoxy groups -OCH3 is 2. The van der Waals surface area contributed by atoms with Gasteiger partial charge in [-0.05, 0) is 49.4 Å². The number of quaternary nitrogens is 1. The van der Waals surface area contributed by atoms with Gasteiger partial charge >= 0.3 is 11.9 Å². The number of benzene rings is 2. The minimum atomic E-state index is -0.614. The molecule has 2 aromatic carbocycles. The number of carbonyl (C=O) groups excluding carboxylic acids is 3. The molecule has 0 spiro atoms. The molecule has 2 rings (SSSR count). The summed E-state index contributed by atoms with van der Waals surface area (Å²) in [7, 11) is 4.40. The summed E-state index contributed by atoms with van der Waals surface area (Å²) in [6, 6.07) is 12.0. The summed E-state index contributed by atoms with van der Waals surface area (Å²) in [5, 5.41) is 2.70. The standard InChI is InChI=1S/C22H26N2O6/c1-5-30-17-9-6-15(7-10-17)13-24(2)14-20(25)23-19-12-16(21(26)28-3)8-11-18(19)22(27)29-4/h6-12H,5,13-14H2,1-4H3,(H,23,25)/p+1. The normalized spacial score (nSPS) is 11.3. The molecular formula is C22H27N2O6+. The lowest BCUT2D eigenvalue weighted by atomic mass is 10.1. The lowest BCUT2D eigenvalue weighted by Crippen LogP contribution is -3.08. The molecule has 1 atom stereocenters. The van der Waals surface area contributed by atoms with Gasteiger partial charge in [0.05, 0.1) is 44.7 Å². The average Bonchev–Trinajstić information content (AvgIpc) is 2.74. The number of esters is 2. The summed E-state index contributed by atoms with van der Waals surface area (Å²) in [5.74, 6) is -0.681. The Morgan fingerprint density at radius 1 is 0.967 bits per heavy atom. The van der Waals surface area contributed by atoms with E-state index >= 15 is 0 Å². The van der Waals surface area contributed by atoms with Gasteiger partial charge in [0.1, 0.15) is 12.3 Å². The van der Waals surface area contributed by atoms with E-state index in [0.717, 1.165) is 16.2 Å². The second-order valence-electron chi connectivity index (χ2n) is 6.68. The molecule has 0 aromatic heterocycles. The van der Waals surface area contributed by atoms with Crippen LogP contribution >= 0.6 is 0 Å². The van der Waals surface area contributed by atoms with E-state index in [-0.39, 0.29) is 29.3 Å². The van der Waals surface area contributed by atoms with Gasteiger partial charge in [0.25, 0.3) is 5.91 Å². The Hall–Kier alpha value is -3.39. The Balaban J connectivity index is 2.06. The number of rotatable bonds is 9. The van der Waals surface area contributed by atoms with Crippen LogP contribution in [0.4, 0.5) is 5.69 Å². The van der Waals surface area contributed by atoms with Gasteiger partial charge in [-0.3, -0.25) is 4.79 Å². The summed E-state index contributed by atoms with van der Waals surface area (Å²) >= 11 is 0. The highest BCUT2D eigenvalue weighted by atomic mass is 16.5. The van der Waals surface area contributed by atoms with E-state index < -0.39 is 11.9 Å². The molecule has 0 radical (unpaired) electrons. The van der Waals surface area contributed by atoms with Crippen LogP contribution in [0.15, 0.2) is 42.5 Å². The third-order valence-electron chi connectivity index (χ3n) is 4.32. The summed E-state index contributed by atoms with van der Waals surface area (Å²) < 4.78 is 14.9. The van der Waals surface area contributed by atoms with Gasteiger partial charge in [0.2, 0.25) is 0 Å². The number of hydrogen-bond donors (Lipinski definition) is 2. The van der Waals surface area contributed by atoms with Crippen LogP contribution in [0, 0.1) is 0 Å². The predicted octanol–water partition coefficient (Wildman–Crippen LogP) is 1.31. The van der Waals surface area contributed by atoms with Crippen LogP contribution in [-0.2, 0) is 20.8 Å². The number of hydrogen-bond acceptors (Lipinski definition) is 6. The molecule has 8 nitrogen and oxygen atoms in total. The van der Waals surface area contributed by atoms with Crippen LogP contribution in [-0.4, -0.2) is 52.3 Å². The topological polar surface area (TPSA) is 95.4 Å². The van der Waals surface area contributed by atoms with Crippen LogP contribution in [0.25, 0.3) is 0 Å². The molecular weight excluding hydrogens is 388 g/mol. The van der Waals surface area contributed by atoms with E-state index in [1.807, 2.05) is 38.2 Å². The number of ether oxygens (including phenoxy) is 3. The third-order valence-corrected chi connectivity index (χ3v) is 4.32. The Morgan fingerprint density at radius 3 is 2.23 bits per heavy atom. The molecule has 2 aromatic rings. The maximum atomic E-state index is 12.5. The zero-order valence-corrected chi connectivity index (χ0v) is 17.6. The second-order valence-corrected chi connectivity index (χ2v) is 6.68. The summed E-state index contributed by atoms with van der Waals surface area (Å²) in [6.45, 7) is 3.33. The first-order chi connectivity index (χ1) is 14.4. The minimum absolute atomic E-state index is 0.155. The van der Waals surface area contributed by atoms with E-state index in [1.54, 1.807) is 0 Å². The molecule has 0 fully saturated rings. The van der Waals surface area contributed by atoms with Crippen molar-refractivity contribution in [1.29, 1.82) is 0 Å². The average molecular weight is 415 g/mol. The van der Waals surface area contributed by atoms with Crippen molar-refractivity contribution in [3.05, 3.63) is 59.2 Å². The summed E-state index contributed by atoms with van der Waals surface area (Å²) in [6.07, 6.45) is 0. The van der Waals surface area contributed by atoms with Gasteiger partial charge < -0.3 is 24.4 Å². The smallest absolute Gasteiger partial charge is 0.339 e. The van der Waals surface area contributed by atoms with E-state index in [9.17, 15) is 14.4 Å². The van der Waals surface area contributed by atoms with Crippen molar-refractivity contribution >= 4 is 23.5 Å². The SMILES string of the molecule is CCOc1ccc(C[NH+](C)CC(=O)Nc2cc(C(=O)OC)ccc2C(=O)OC)cc1. The minimum Gasteiger partial charge on any atom is -0.494 e. The molecule has 1 unspecified atom stereocenters. The third kappa shape index (κ3) is 6.31. The quantitative estimate of drug-likeness (QED) is 0.600. The molecule has 0 aliphatic rings. The molecule has 0 saturated carbocycles. The number of carbonyl (C=O) groups is 3. The zero-order valence-electron chi connectivity index (χ0n) is 17.6. The fourth-order valence-corrected chi connectivity index (χ4v) is 2.93. The molecule has 160 valence electrons. The zero-order chi connectivity index (χ0) is 22.1. The highest BCUT2D eigenvalue weighted by Crippen LogP contribution is 2.19. The van der Waals surface area contributed by atoms with Gasteiger partial charge in [-0.2, -0.15) is 0 Å². The number of nitrogens with one attached hydrogen (secondary N) is 2. The van der Waals surface area contributed by atoms with Crippen molar-refractivity contribution in [1.82, 2.24) is 0 Å². The molecule has 0 heterocycles. The van der Waals surface area contributed by atoms with Crippen molar-refractivity contribution in [2.24, 2.45) is 0 Å². The maximum Gasteiger partial charge on any atom is 0.339 e. The molecule has 0 bridgehead atoms. The fourth-order valence-electron chi connectivity index (χ4n) is 2.93. The number of amides is 1. The predicted molar refractivity (Wildman–Crippen MR) is 111 cm³/mol. The van der Waals surface area contributed by atoms with Crippen LogP contribution in [0.3, 0.4) is 0 Å². The van der Waals surface area contributed by atoms with Crippen molar-refractivity contribution < 1.29 is 33.5 Å². The summed E-state index contributed by atoms with van der Waals surface area (Å²) in [4.78, 5) is 37.3. The fraction of sp³-hybridized carbons (Fsp3) is 0.318. The Morgan fingerprint density at radius 2 is 1.63 bits per heavy atom. The van der Waals surface area contributed by atoms with Gasteiger partial charge in [-0.15, -0.1) is 0 Å². The highest BCUT2D eigenvalue weighted by molar-refractivity contribution is 6.03. The largest absolute Gasteiger partial charge is 0.494 e.